The lowest BCUT2D eigenvalue weighted by molar-refractivity contribution is 0.0735. The molecule has 0 radical (unpaired) electrons. The van der Waals surface area contributed by atoms with E-state index in [1.54, 1.807) is 42.5 Å². The second kappa shape index (κ2) is 10.8. The van der Waals surface area contributed by atoms with Gasteiger partial charge < -0.3 is 9.84 Å². The van der Waals surface area contributed by atoms with Gasteiger partial charge in [-0.25, -0.2) is 9.78 Å². The summed E-state index contributed by atoms with van der Waals surface area (Å²) in [6, 6.07) is 18.5. The van der Waals surface area contributed by atoms with E-state index in [2.05, 4.69) is 4.98 Å². The average Bonchev–Trinajstić information content (AvgIpc) is 3.22. The minimum atomic E-state index is -4.47. The molecule has 0 spiro atoms. The van der Waals surface area contributed by atoms with Crippen LogP contribution in [0.5, 0.6) is 11.5 Å². The molecule has 0 bridgehead atoms. The molecule has 0 saturated carbocycles. The van der Waals surface area contributed by atoms with Gasteiger partial charge in [-0.2, -0.15) is 8.42 Å². The number of pyridine rings is 1. The van der Waals surface area contributed by atoms with Crippen molar-refractivity contribution in [3.8, 4) is 11.5 Å². The van der Waals surface area contributed by atoms with Crippen molar-refractivity contribution in [2.24, 2.45) is 0 Å². The standard InChI is InChI=1S/C37H33NO8S/c1-36(2,3)26-17-22(18-27(34(26)41)37(4,5)6)35(42)46-29-9-7-8-19-11-13-28(38-31(19)29)30-32(39)24-15-20-10-12-23(47(43,44)45)14-21(20)16-25(24)33(30)40/h7-18,30,41H,1-6H3,(H,43,44,45)/t30-/m1/s1. The van der Waals surface area contributed by atoms with Crippen molar-refractivity contribution in [1.82, 2.24) is 4.98 Å². The van der Waals surface area contributed by atoms with E-state index in [-0.39, 0.29) is 44.3 Å². The number of carbonyl (C=O) groups is 3. The van der Waals surface area contributed by atoms with E-state index in [4.69, 9.17) is 4.74 Å². The Bertz CT molecular complexity index is 2260. The van der Waals surface area contributed by atoms with E-state index in [0.717, 1.165) is 0 Å². The molecule has 4 aromatic carbocycles. The van der Waals surface area contributed by atoms with Crippen LogP contribution < -0.4 is 4.74 Å². The number of hydrogen-bond acceptors (Lipinski definition) is 8. The normalized spacial score (nSPS) is 15.3. The van der Waals surface area contributed by atoms with Crippen LogP contribution in [0.1, 0.15) is 95.4 Å². The first-order valence-corrected chi connectivity index (χ1v) is 16.4. The van der Waals surface area contributed by atoms with Gasteiger partial charge in [-0.1, -0.05) is 65.8 Å². The van der Waals surface area contributed by atoms with Crippen molar-refractivity contribution < 1.29 is 37.2 Å². The van der Waals surface area contributed by atoms with Crippen LogP contribution in [0, 0.1) is 0 Å². The first-order valence-electron chi connectivity index (χ1n) is 15.0. The third-order valence-electron chi connectivity index (χ3n) is 8.47. The molecule has 2 N–H and O–H groups in total. The van der Waals surface area contributed by atoms with Crippen molar-refractivity contribution in [1.29, 1.82) is 0 Å². The third kappa shape index (κ3) is 5.68. The molecule has 0 aliphatic heterocycles. The molecule has 10 heteroatoms. The van der Waals surface area contributed by atoms with Crippen molar-refractivity contribution in [3.05, 3.63) is 106 Å². The zero-order chi connectivity index (χ0) is 34.2. The van der Waals surface area contributed by atoms with E-state index in [9.17, 15) is 32.5 Å². The fraction of sp³-hybridized carbons (Fsp3) is 0.243. The van der Waals surface area contributed by atoms with Crippen LogP contribution >= 0.6 is 0 Å². The number of ketones is 2. The second-order valence-electron chi connectivity index (χ2n) is 13.9. The predicted molar refractivity (Wildman–Crippen MR) is 177 cm³/mol. The molecule has 1 aliphatic carbocycles. The maximum atomic E-state index is 13.6. The van der Waals surface area contributed by atoms with Gasteiger partial charge in [0, 0.05) is 27.6 Å². The summed E-state index contributed by atoms with van der Waals surface area (Å²) < 4.78 is 38.7. The maximum absolute atomic E-state index is 13.6. The molecule has 0 amide bonds. The molecule has 1 aliphatic rings. The van der Waals surface area contributed by atoms with Gasteiger partial charge in [0.25, 0.3) is 10.1 Å². The average molecular weight is 652 g/mol. The smallest absolute Gasteiger partial charge is 0.343 e. The van der Waals surface area contributed by atoms with Gasteiger partial charge in [0.15, 0.2) is 17.3 Å². The molecule has 240 valence electrons. The molecule has 47 heavy (non-hydrogen) atoms. The van der Waals surface area contributed by atoms with Crippen LogP contribution in [0.2, 0.25) is 0 Å². The molecule has 0 fully saturated rings. The molecule has 9 nitrogen and oxygen atoms in total. The summed E-state index contributed by atoms with van der Waals surface area (Å²) in [6.45, 7) is 11.7. The van der Waals surface area contributed by atoms with Crippen LogP contribution in [0.15, 0.2) is 77.7 Å². The number of ether oxygens (including phenoxy) is 1. The highest BCUT2D eigenvalue weighted by atomic mass is 32.2. The maximum Gasteiger partial charge on any atom is 0.343 e. The van der Waals surface area contributed by atoms with Crippen molar-refractivity contribution in [2.45, 2.75) is 63.2 Å². The minimum Gasteiger partial charge on any atom is -0.507 e. The number of Topliss-reactive ketones (excluding diaryl/α,β-unsaturated/α-hetero) is 2. The van der Waals surface area contributed by atoms with Gasteiger partial charge in [0.05, 0.1) is 16.2 Å². The number of benzene rings is 4. The van der Waals surface area contributed by atoms with Crippen LogP contribution in [0.3, 0.4) is 0 Å². The van der Waals surface area contributed by atoms with Crippen LogP contribution in [-0.4, -0.2) is 40.6 Å². The summed E-state index contributed by atoms with van der Waals surface area (Å²) in [7, 11) is -4.47. The minimum absolute atomic E-state index is 0.123. The van der Waals surface area contributed by atoms with Crippen LogP contribution in [0.25, 0.3) is 21.7 Å². The van der Waals surface area contributed by atoms with Gasteiger partial charge in [-0.05, 0) is 70.1 Å². The Morgan fingerprint density at radius 3 is 1.91 bits per heavy atom. The molecule has 0 saturated heterocycles. The Hall–Kier alpha value is -4.93. The molecule has 6 rings (SSSR count). The Kier molecular flexibility index (Phi) is 7.37. The molecule has 0 unspecified atom stereocenters. The van der Waals surface area contributed by atoms with E-state index in [1.165, 1.54) is 30.3 Å². The highest BCUT2D eigenvalue weighted by Gasteiger charge is 2.41. The Balaban J connectivity index is 1.38. The first kappa shape index (κ1) is 32.0. The molecule has 1 atom stereocenters. The summed E-state index contributed by atoms with van der Waals surface area (Å²) in [5.74, 6) is -2.60. The van der Waals surface area contributed by atoms with Crippen molar-refractivity contribution in [2.75, 3.05) is 0 Å². The number of aromatic hydroxyl groups is 1. The number of aromatic nitrogens is 1. The SMILES string of the molecule is CC(C)(C)c1cc(C(=O)Oc2cccc3ccc([C@@H]4C(=O)c5cc6ccc(S(=O)(=O)O)cc6cc5C4=O)nc23)cc(C(C)(C)C)c1O. The number of hydrogen-bond donors (Lipinski definition) is 2. The monoisotopic (exact) mass is 651 g/mol. The van der Waals surface area contributed by atoms with Crippen molar-refractivity contribution >= 4 is 49.3 Å². The number of esters is 1. The van der Waals surface area contributed by atoms with E-state index in [0.29, 0.717) is 27.3 Å². The highest BCUT2D eigenvalue weighted by Crippen LogP contribution is 2.41. The zero-order valence-corrected chi connectivity index (χ0v) is 27.5. The van der Waals surface area contributed by atoms with Gasteiger partial charge in [0.1, 0.15) is 17.2 Å². The fourth-order valence-electron chi connectivity index (χ4n) is 5.98. The van der Waals surface area contributed by atoms with Gasteiger partial charge >= 0.3 is 5.97 Å². The summed E-state index contributed by atoms with van der Waals surface area (Å²) in [5.41, 5.74) is 1.31. The number of carbonyl (C=O) groups excluding carboxylic acids is 3. The van der Waals surface area contributed by atoms with Gasteiger partial charge in [-0.15, -0.1) is 0 Å². The summed E-state index contributed by atoms with van der Waals surface area (Å²) in [6.07, 6.45) is 0. The number of phenolic OH excluding ortho intramolecular Hbond substituents is 1. The third-order valence-corrected chi connectivity index (χ3v) is 9.32. The Morgan fingerprint density at radius 1 is 0.766 bits per heavy atom. The predicted octanol–water partition coefficient (Wildman–Crippen LogP) is 7.32. The molecular weight excluding hydrogens is 618 g/mol. The van der Waals surface area contributed by atoms with Gasteiger partial charge in [0.2, 0.25) is 0 Å². The topological polar surface area (TPSA) is 148 Å². The molecule has 5 aromatic rings. The number of rotatable bonds is 4. The summed E-state index contributed by atoms with van der Waals surface area (Å²) in [4.78, 5) is 45.2. The number of nitrogens with zero attached hydrogens (tertiary/aromatic N) is 1. The van der Waals surface area contributed by atoms with Crippen LogP contribution in [-0.2, 0) is 20.9 Å². The Labute approximate surface area is 272 Å². The largest absolute Gasteiger partial charge is 0.507 e. The zero-order valence-electron chi connectivity index (χ0n) is 26.7. The second-order valence-corrected chi connectivity index (χ2v) is 15.3. The summed E-state index contributed by atoms with van der Waals surface area (Å²) in [5, 5.41) is 12.6. The lowest BCUT2D eigenvalue weighted by Crippen LogP contribution is -2.20. The first-order chi connectivity index (χ1) is 21.8. The summed E-state index contributed by atoms with van der Waals surface area (Å²) >= 11 is 0. The number of para-hydroxylation sites is 1. The molecule has 1 heterocycles. The number of phenols is 1. The lowest BCUT2D eigenvalue weighted by Gasteiger charge is -2.28. The van der Waals surface area contributed by atoms with E-state index in [1.807, 2.05) is 41.5 Å². The highest BCUT2D eigenvalue weighted by molar-refractivity contribution is 7.85. The van der Waals surface area contributed by atoms with Crippen LogP contribution in [0.4, 0.5) is 0 Å². The van der Waals surface area contributed by atoms with E-state index >= 15 is 0 Å². The number of fused-ring (bicyclic) bond motifs is 3. The lowest BCUT2D eigenvalue weighted by atomic mass is 9.78. The molecular formula is C37H33NO8S. The van der Waals surface area contributed by atoms with Crippen molar-refractivity contribution in [3.63, 3.8) is 0 Å². The molecule has 1 aromatic heterocycles. The quantitative estimate of drug-likeness (QED) is 0.0883. The van der Waals surface area contributed by atoms with Gasteiger partial charge in [-0.3, -0.25) is 14.1 Å². The van der Waals surface area contributed by atoms with E-state index < -0.39 is 44.4 Å². The fourth-order valence-corrected chi connectivity index (χ4v) is 6.49. The Morgan fingerprint density at radius 2 is 1.34 bits per heavy atom.